The average molecular weight is 431 g/mol. The number of rotatable bonds is 5. The van der Waals surface area contributed by atoms with Crippen molar-refractivity contribution in [2.24, 2.45) is 0 Å². The van der Waals surface area contributed by atoms with Gasteiger partial charge in [-0.1, -0.05) is 19.9 Å². The summed E-state index contributed by atoms with van der Waals surface area (Å²) in [5, 5.41) is 9.14. The predicted molar refractivity (Wildman–Crippen MR) is 118 cm³/mol. The van der Waals surface area contributed by atoms with Crippen LogP contribution in [0.5, 0.6) is 0 Å². The molecule has 0 fully saturated rings. The summed E-state index contributed by atoms with van der Waals surface area (Å²) >= 11 is 0. The Bertz CT molecular complexity index is 1040. The third kappa shape index (κ3) is 5.15. The number of benzene rings is 1. The molecule has 0 radical (unpaired) electrons. The number of nitrogens with zero attached hydrogens (tertiary/aromatic N) is 1. The van der Waals surface area contributed by atoms with Gasteiger partial charge in [0.05, 0.1) is 5.69 Å². The smallest absolute Gasteiger partial charge is 0.414 e. The maximum atomic E-state index is 13.7. The van der Waals surface area contributed by atoms with Gasteiger partial charge in [-0.25, -0.2) is 9.18 Å². The number of hydrogen-bond donors (Lipinski definition) is 2. The summed E-state index contributed by atoms with van der Waals surface area (Å²) < 4.78 is 19.3. The molecule has 1 aliphatic rings. The quantitative estimate of drug-likeness (QED) is 0.749. The Labute approximate surface area is 182 Å². The Morgan fingerprint density at radius 3 is 2.58 bits per heavy atom. The molecule has 1 aliphatic heterocycles. The molecule has 0 aliphatic carbocycles. The number of fused-ring (bicyclic) bond motifs is 1. The van der Waals surface area contributed by atoms with Gasteiger partial charge in [-0.05, 0) is 62.9 Å². The third-order valence-electron chi connectivity index (χ3n) is 5.39. The van der Waals surface area contributed by atoms with E-state index < -0.39 is 17.1 Å². The van der Waals surface area contributed by atoms with Crippen molar-refractivity contribution in [1.29, 1.82) is 0 Å². The van der Waals surface area contributed by atoms with Crippen LogP contribution in [0.1, 0.15) is 63.4 Å². The number of H-pyrrole nitrogens is 1. The molecule has 6 nitrogen and oxygen atoms in total. The van der Waals surface area contributed by atoms with Crippen LogP contribution in [-0.2, 0) is 23.0 Å². The molecule has 3 rings (SSSR count). The highest BCUT2D eigenvalue weighted by Gasteiger charge is 2.41. The van der Waals surface area contributed by atoms with Gasteiger partial charge in [0.25, 0.3) is 5.56 Å². The molecule has 2 heterocycles. The largest absolute Gasteiger partial charge is 0.443 e. The van der Waals surface area contributed by atoms with Crippen LogP contribution in [-0.4, -0.2) is 34.9 Å². The van der Waals surface area contributed by atoms with E-state index >= 15 is 0 Å². The van der Waals surface area contributed by atoms with E-state index in [1.54, 1.807) is 17.0 Å². The molecule has 1 aromatic carbocycles. The molecule has 0 spiro atoms. The topological polar surface area (TPSA) is 82.6 Å². The van der Waals surface area contributed by atoms with Crippen LogP contribution in [0.25, 0.3) is 0 Å². The molecular weight excluding hydrogens is 399 g/mol. The van der Waals surface area contributed by atoms with E-state index in [0.717, 1.165) is 11.1 Å². The normalized spacial score (nSPS) is 15.1. The Morgan fingerprint density at radius 1 is 1.23 bits per heavy atom. The van der Waals surface area contributed by atoms with Crippen LogP contribution in [0.15, 0.2) is 29.1 Å². The molecule has 0 saturated heterocycles. The minimum absolute atomic E-state index is 0.00924. The van der Waals surface area contributed by atoms with Gasteiger partial charge in [-0.3, -0.25) is 9.69 Å². The van der Waals surface area contributed by atoms with Crippen molar-refractivity contribution < 1.29 is 19.0 Å². The highest BCUT2D eigenvalue weighted by Crippen LogP contribution is 2.39. The summed E-state index contributed by atoms with van der Waals surface area (Å²) in [4.78, 5) is 30.2. The number of aromatic amines is 1. The Kier molecular flexibility index (Phi) is 6.28. The van der Waals surface area contributed by atoms with Crippen molar-refractivity contribution in [1.82, 2.24) is 4.98 Å². The van der Waals surface area contributed by atoms with E-state index in [1.807, 2.05) is 34.6 Å². The van der Waals surface area contributed by atoms with Gasteiger partial charge in [-0.15, -0.1) is 0 Å². The molecule has 168 valence electrons. The minimum Gasteiger partial charge on any atom is -0.443 e. The maximum absolute atomic E-state index is 13.7. The van der Waals surface area contributed by atoms with Crippen molar-refractivity contribution in [2.75, 3.05) is 18.1 Å². The van der Waals surface area contributed by atoms with Crippen molar-refractivity contribution in [2.45, 2.75) is 64.9 Å². The van der Waals surface area contributed by atoms with Crippen molar-refractivity contribution >= 4 is 11.8 Å². The zero-order valence-electron chi connectivity index (χ0n) is 18.8. The molecule has 0 unspecified atom stereocenters. The first kappa shape index (κ1) is 23.0. The van der Waals surface area contributed by atoms with E-state index in [1.165, 1.54) is 12.1 Å². The number of carbonyl (C=O) groups is 1. The fraction of sp³-hybridized carbons (Fsp3) is 0.500. The monoisotopic (exact) mass is 430 g/mol. The van der Waals surface area contributed by atoms with Gasteiger partial charge in [-0.2, -0.15) is 0 Å². The number of amides is 1. The number of nitrogens with one attached hydrogen (secondary N) is 1. The van der Waals surface area contributed by atoms with Gasteiger partial charge in [0.15, 0.2) is 0 Å². The van der Waals surface area contributed by atoms with Gasteiger partial charge in [0.1, 0.15) is 11.4 Å². The number of aromatic nitrogens is 1. The highest BCUT2D eigenvalue weighted by molar-refractivity contribution is 5.91. The van der Waals surface area contributed by atoms with Crippen LogP contribution in [0.2, 0.25) is 0 Å². The van der Waals surface area contributed by atoms with Crippen molar-refractivity contribution in [3.05, 3.63) is 62.8 Å². The molecule has 7 heteroatoms. The number of halogens is 1. The van der Waals surface area contributed by atoms with Gasteiger partial charge in [0, 0.05) is 36.2 Å². The summed E-state index contributed by atoms with van der Waals surface area (Å²) in [7, 11) is 0. The van der Waals surface area contributed by atoms with E-state index in [4.69, 9.17) is 9.84 Å². The number of pyridine rings is 1. The second kappa shape index (κ2) is 8.46. The van der Waals surface area contributed by atoms with Gasteiger partial charge in [0.2, 0.25) is 0 Å². The Morgan fingerprint density at radius 2 is 1.94 bits per heavy atom. The Balaban J connectivity index is 2.00. The molecule has 1 aromatic heterocycles. The van der Waals surface area contributed by atoms with Crippen LogP contribution in [0.3, 0.4) is 0 Å². The number of aryl methyl sites for hydroxylation is 1. The highest BCUT2D eigenvalue weighted by atomic mass is 19.1. The lowest BCUT2D eigenvalue weighted by Gasteiger charge is -2.25. The summed E-state index contributed by atoms with van der Waals surface area (Å²) in [5.74, 6) is -0.350. The van der Waals surface area contributed by atoms with Gasteiger partial charge >= 0.3 is 6.09 Å². The minimum atomic E-state index is -0.634. The first-order valence-corrected chi connectivity index (χ1v) is 10.6. The number of aliphatic hydroxyl groups is 1. The van der Waals surface area contributed by atoms with Crippen molar-refractivity contribution in [3.63, 3.8) is 0 Å². The van der Waals surface area contributed by atoms with Crippen LogP contribution in [0.4, 0.5) is 14.9 Å². The van der Waals surface area contributed by atoms with E-state index in [2.05, 4.69) is 4.98 Å². The third-order valence-corrected chi connectivity index (χ3v) is 5.39. The molecule has 0 saturated carbocycles. The van der Waals surface area contributed by atoms with E-state index in [-0.39, 0.29) is 18.0 Å². The molecular formula is C24H31FN2O4. The molecule has 31 heavy (non-hydrogen) atoms. The average Bonchev–Trinajstić information content (AvgIpc) is 2.91. The lowest BCUT2D eigenvalue weighted by Crippen LogP contribution is -2.38. The maximum Gasteiger partial charge on any atom is 0.414 e. The number of anilines is 1. The molecule has 2 N–H and O–H groups in total. The molecule has 1 amide bonds. The molecule has 2 aromatic rings. The van der Waals surface area contributed by atoms with Crippen molar-refractivity contribution in [3.8, 4) is 0 Å². The summed E-state index contributed by atoms with van der Waals surface area (Å²) in [6.07, 6.45) is 0.871. The second-order valence-electron chi connectivity index (χ2n) is 9.75. The van der Waals surface area contributed by atoms with Crippen LogP contribution in [0, 0.1) is 5.82 Å². The van der Waals surface area contributed by atoms with E-state index in [9.17, 15) is 14.0 Å². The standard InChI is InChI=1S/C24H31FN2O4/c1-23(2,3)31-22(30)27-14-24(4,5)20-19(27)13-17(21(29)26-20)11-16-8-9-18(25)12-15(16)7-6-10-28/h8-9,12-13,28H,6-7,10-11,14H2,1-5H3,(H,26,29). The molecule has 0 bridgehead atoms. The number of aliphatic hydroxyl groups excluding tert-OH is 1. The first-order valence-electron chi connectivity index (χ1n) is 10.6. The van der Waals surface area contributed by atoms with Crippen LogP contribution < -0.4 is 10.5 Å². The zero-order chi connectivity index (χ0) is 23.0. The summed E-state index contributed by atoms with van der Waals surface area (Å²) in [5.41, 5.74) is 2.12. The Hall–Kier alpha value is -2.67. The lowest BCUT2D eigenvalue weighted by atomic mass is 9.90. The molecule has 0 atom stereocenters. The van der Waals surface area contributed by atoms with Crippen LogP contribution >= 0.6 is 0 Å². The number of hydrogen-bond acceptors (Lipinski definition) is 4. The zero-order valence-corrected chi connectivity index (χ0v) is 18.8. The SMILES string of the molecule is CC(C)(C)OC(=O)N1CC(C)(C)c2[nH]c(=O)c(Cc3ccc(F)cc3CCCO)cc21. The lowest BCUT2D eigenvalue weighted by molar-refractivity contribution is 0.0579. The fourth-order valence-corrected chi connectivity index (χ4v) is 3.93. The summed E-state index contributed by atoms with van der Waals surface area (Å²) in [6, 6.07) is 6.23. The van der Waals surface area contributed by atoms with E-state index in [0.29, 0.717) is 42.8 Å². The number of carbonyl (C=O) groups excluding carboxylic acids is 1. The first-order chi connectivity index (χ1) is 14.4. The summed E-state index contributed by atoms with van der Waals surface area (Å²) in [6.45, 7) is 9.79. The fourth-order valence-electron chi connectivity index (χ4n) is 3.93. The second-order valence-corrected chi connectivity index (χ2v) is 9.75. The number of ether oxygens (including phenoxy) is 1. The predicted octanol–water partition coefficient (Wildman–Crippen LogP) is 4.06. The van der Waals surface area contributed by atoms with Gasteiger partial charge < -0.3 is 14.8 Å².